The molecular weight excluding hydrogens is 164 g/mol. The number of aliphatic imine (C=N–C) groups is 1. The minimum Gasteiger partial charge on any atom is -0.444 e. The molecule has 0 bridgehead atoms. The van der Waals surface area contributed by atoms with Gasteiger partial charge in [-0.2, -0.15) is 0 Å². The Morgan fingerprint density at radius 3 is 2.54 bits per heavy atom. The molecule has 3 nitrogen and oxygen atoms in total. The highest BCUT2D eigenvalue weighted by atomic mass is 16.5. The van der Waals surface area contributed by atoms with Gasteiger partial charge in [-0.15, -0.1) is 0 Å². The summed E-state index contributed by atoms with van der Waals surface area (Å²) >= 11 is 0. The predicted octanol–water partition coefficient (Wildman–Crippen LogP) is 2.15. The molecule has 3 heteroatoms. The Bertz CT molecular complexity index is 239. The molecule has 0 radical (unpaired) electrons. The fourth-order valence-corrected chi connectivity index (χ4v) is 0.592. The second-order valence-corrected chi connectivity index (χ2v) is 2.72. The van der Waals surface area contributed by atoms with Crippen LogP contribution in [0.15, 0.2) is 41.9 Å². The van der Waals surface area contributed by atoms with Crippen molar-refractivity contribution in [2.75, 3.05) is 14.1 Å². The Hall–Kier alpha value is -1.51. The summed E-state index contributed by atoms with van der Waals surface area (Å²) in [6, 6.07) is 0. The number of allylic oxidation sites excluding steroid dienone is 3. The summed E-state index contributed by atoms with van der Waals surface area (Å²) in [6.07, 6.45) is 5.03. The van der Waals surface area contributed by atoms with E-state index in [9.17, 15) is 0 Å². The lowest BCUT2D eigenvalue weighted by molar-refractivity contribution is 0.305. The van der Waals surface area contributed by atoms with E-state index in [4.69, 9.17) is 4.74 Å². The normalized spacial score (nSPS) is 11.5. The summed E-state index contributed by atoms with van der Waals surface area (Å²) < 4.78 is 5.21. The van der Waals surface area contributed by atoms with Gasteiger partial charge in [0.2, 0.25) is 5.88 Å². The van der Waals surface area contributed by atoms with E-state index < -0.39 is 0 Å². The van der Waals surface area contributed by atoms with Crippen molar-refractivity contribution in [3.63, 3.8) is 0 Å². The van der Waals surface area contributed by atoms with E-state index in [0.717, 1.165) is 5.76 Å². The van der Waals surface area contributed by atoms with Gasteiger partial charge in [-0.05, 0) is 19.6 Å². The van der Waals surface area contributed by atoms with Gasteiger partial charge in [-0.1, -0.05) is 12.7 Å². The minimum atomic E-state index is 0.365. The van der Waals surface area contributed by atoms with Crippen LogP contribution in [0.3, 0.4) is 0 Å². The molecule has 0 unspecified atom stereocenters. The maximum atomic E-state index is 5.21. The van der Waals surface area contributed by atoms with Crippen molar-refractivity contribution in [3.8, 4) is 0 Å². The second-order valence-electron chi connectivity index (χ2n) is 2.72. The van der Waals surface area contributed by atoms with Crippen molar-refractivity contribution >= 4 is 6.34 Å². The van der Waals surface area contributed by atoms with Gasteiger partial charge in [-0.25, -0.2) is 4.99 Å². The first-order chi connectivity index (χ1) is 6.06. The van der Waals surface area contributed by atoms with Gasteiger partial charge in [-0.3, -0.25) is 0 Å². The molecule has 72 valence electrons. The zero-order valence-corrected chi connectivity index (χ0v) is 8.45. The average Bonchev–Trinajstić information content (AvgIpc) is 2.01. The summed E-state index contributed by atoms with van der Waals surface area (Å²) in [7, 11) is 3.76. The van der Waals surface area contributed by atoms with Crippen LogP contribution in [0.2, 0.25) is 0 Å². The van der Waals surface area contributed by atoms with Gasteiger partial charge >= 0.3 is 0 Å². The van der Waals surface area contributed by atoms with Gasteiger partial charge < -0.3 is 9.64 Å². The van der Waals surface area contributed by atoms with Gasteiger partial charge in [0.05, 0.1) is 6.34 Å². The number of rotatable bonds is 5. The molecule has 0 aromatic rings. The van der Waals surface area contributed by atoms with Crippen LogP contribution in [0.5, 0.6) is 0 Å². The topological polar surface area (TPSA) is 24.8 Å². The highest BCUT2D eigenvalue weighted by Gasteiger charge is 1.91. The first kappa shape index (κ1) is 11.5. The molecule has 0 aromatic heterocycles. The van der Waals surface area contributed by atoms with E-state index >= 15 is 0 Å². The van der Waals surface area contributed by atoms with E-state index in [1.54, 1.807) is 23.4 Å². The second kappa shape index (κ2) is 6.06. The maximum absolute atomic E-state index is 5.21. The fraction of sp³-hybridized carbons (Fsp3) is 0.300. The summed E-state index contributed by atoms with van der Waals surface area (Å²) in [6.45, 7) is 8.99. The van der Waals surface area contributed by atoms with Crippen molar-refractivity contribution in [3.05, 3.63) is 37.0 Å². The van der Waals surface area contributed by atoms with E-state index in [1.165, 1.54) is 0 Å². The van der Waals surface area contributed by atoms with Crippen LogP contribution in [0.4, 0.5) is 0 Å². The molecule has 0 saturated carbocycles. The van der Waals surface area contributed by atoms with Crippen molar-refractivity contribution in [2.24, 2.45) is 4.99 Å². The molecule has 0 amide bonds. The summed E-state index contributed by atoms with van der Waals surface area (Å²) in [5.41, 5.74) is 0. The number of ether oxygens (including phenoxy) is 1. The van der Waals surface area contributed by atoms with E-state index in [-0.39, 0.29) is 0 Å². The summed E-state index contributed by atoms with van der Waals surface area (Å²) in [4.78, 5) is 5.76. The minimum absolute atomic E-state index is 0.365. The van der Waals surface area contributed by atoms with Crippen LogP contribution >= 0.6 is 0 Å². The van der Waals surface area contributed by atoms with Crippen LogP contribution in [0.1, 0.15) is 6.92 Å². The molecule has 0 aromatic carbocycles. The largest absolute Gasteiger partial charge is 0.444 e. The molecule has 0 saturated heterocycles. The lowest BCUT2D eigenvalue weighted by Crippen LogP contribution is -2.07. The highest BCUT2D eigenvalue weighted by molar-refractivity contribution is 5.55. The standard InChI is InChI=1S/C10H16N2O/c1-6-7-9(2)13-10(3)11-8-12(4)5/h6-8H,1,3H2,2,4-5H3/b9-7+,11-8?. The van der Waals surface area contributed by atoms with E-state index in [1.807, 2.05) is 21.0 Å². The molecule has 0 aliphatic rings. The first-order valence-corrected chi connectivity index (χ1v) is 3.93. The summed E-state index contributed by atoms with van der Waals surface area (Å²) in [5, 5.41) is 0. The maximum Gasteiger partial charge on any atom is 0.212 e. The van der Waals surface area contributed by atoms with E-state index in [2.05, 4.69) is 18.2 Å². The van der Waals surface area contributed by atoms with Crippen molar-refractivity contribution < 1.29 is 4.74 Å². The van der Waals surface area contributed by atoms with Crippen LogP contribution in [-0.2, 0) is 4.74 Å². The smallest absolute Gasteiger partial charge is 0.212 e. The zero-order chi connectivity index (χ0) is 10.3. The predicted molar refractivity (Wildman–Crippen MR) is 56.4 cm³/mol. The molecule has 0 rings (SSSR count). The Morgan fingerprint density at radius 2 is 2.08 bits per heavy atom. The number of nitrogens with zero attached hydrogens (tertiary/aromatic N) is 2. The van der Waals surface area contributed by atoms with Gasteiger partial charge in [0.25, 0.3) is 0 Å². The molecule has 0 spiro atoms. The highest BCUT2D eigenvalue weighted by Crippen LogP contribution is 2.04. The average molecular weight is 180 g/mol. The SMILES string of the molecule is C=C/C=C(\C)OC(=C)N=CN(C)C. The Kier molecular flexibility index (Phi) is 5.35. The third-order valence-corrected chi connectivity index (χ3v) is 1.06. The monoisotopic (exact) mass is 180 g/mol. The van der Waals surface area contributed by atoms with Gasteiger partial charge in [0.15, 0.2) is 0 Å². The van der Waals surface area contributed by atoms with Crippen LogP contribution in [-0.4, -0.2) is 25.3 Å². The molecule has 0 aliphatic heterocycles. The lowest BCUT2D eigenvalue weighted by Gasteiger charge is -2.05. The number of hydrogen-bond donors (Lipinski definition) is 0. The lowest BCUT2D eigenvalue weighted by atomic mass is 10.5. The molecular formula is C10H16N2O. The molecule has 0 N–H and O–H groups in total. The molecule has 13 heavy (non-hydrogen) atoms. The first-order valence-electron chi connectivity index (χ1n) is 3.93. The van der Waals surface area contributed by atoms with Crippen molar-refractivity contribution in [1.82, 2.24) is 4.90 Å². The molecule has 0 fully saturated rings. The van der Waals surface area contributed by atoms with Gasteiger partial charge in [0.1, 0.15) is 5.76 Å². The van der Waals surface area contributed by atoms with Crippen LogP contribution in [0, 0.1) is 0 Å². The zero-order valence-electron chi connectivity index (χ0n) is 8.45. The quantitative estimate of drug-likeness (QED) is 0.280. The number of hydrogen-bond acceptors (Lipinski definition) is 2. The molecule has 0 aliphatic carbocycles. The molecule has 0 atom stereocenters. The van der Waals surface area contributed by atoms with Crippen molar-refractivity contribution in [2.45, 2.75) is 6.92 Å². The van der Waals surface area contributed by atoms with Gasteiger partial charge in [0, 0.05) is 14.1 Å². The Morgan fingerprint density at radius 1 is 1.46 bits per heavy atom. The van der Waals surface area contributed by atoms with Crippen LogP contribution < -0.4 is 0 Å². The molecule has 0 heterocycles. The third-order valence-electron chi connectivity index (χ3n) is 1.06. The third kappa shape index (κ3) is 6.87. The van der Waals surface area contributed by atoms with Crippen LogP contribution in [0.25, 0.3) is 0 Å². The Labute approximate surface area is 79.7 Å². The Balaban J connectivity index is 4.02. The van der Waals surface area contributed by atoms with E-state index in [0.29, 0.717) is 5.88 Å². The fourth-order valence-electron chi connectivity index (χ4n) is 0.592. The van der Waals surface area contributed by atoms with Crippen molar-refractivity contribution in [1.29, 1.82) is 0 Å². The summed E-state index contributed by atoms with van der Waals surface area (Å²) in [5.74, 6) is 1.08.